The van der Waals surface area contributed by atoms with E-state index in [4.69, 9.17) is 11.6 Å². The maximum Gasteiger partial charge on any atom is 0.221 e. The highest BCUT2D eigenvalue weighted by Crippen LogP contribution is 2.13. The third-order valence-corrected chi connectivity index (χ3v) is 2.34. The Morgan fingerprint density at radius 2 is 1.81 bits per heavy atom. The largest absolute Gasteiger partial charge is 0.381 e. The first-order valence-electron chi connectivity index (χ1n) is 4.99. The van der Waals surface area contributed by atoms with Gasteiger partial charge in [0.15, 0.2) is 0 Å². The van der Waals surface area contributed by atoms with Gasteiger partial charge in [0.1, 0.15) is 0 Å². The molecule has 16 heavy (non-hydrogen) atoms. The highest BCUT2D eigenvalue weighted by atomic mass is 35.5. The summed E-state index contributed by atoms with van der Waals surface area (Å²) in [6.07, 6.45) is 0. The van der Waals surface area contributed by atoms with Gasteiger partial charge in [-0.3, -0.25) is 4.79 Å². The number of carbonyl (C=O) groups is 1. The highest BCUT2D eigenvalue weighted by Gasteiger charge is 1.96. The summed E-state index contributed by atoms with van der Waals surface area (Å²) in [7, 11) is 0. The van der Waals surface area contributed by atoms with E-state index in [1.807, 2.05) is 31.2 Å². The number of nitrogens with one attached hydrogen (secondary N) is 2. The summed E-state index contributed by atoms with van der Waals surface area (Å²) in [6.45, 7) is 4.15. The van der Waals surface area contributed by atoms with Gasteiger partial charge in [-0.25, -0.2) is 0 Å². The van der Waals surface area contributed by atoms with Gasteiger partial charge in [0, 0.05) is 30.4 Å². The van der Waals surface area contributed by atoms with Crippen molar-refractivity contribution in [2.45, 2.75) is 13.8 Å². The maximum absolute atomic E-state index is 10.8. The van der Waals surface area contributed by atoms with Crippen molar-refractivity contribution in [1.29, 1.82) is 0 Å². The second kappa shape index (κ2) is 6.18. The van der Waals surface area contributed by atoms with E-state index < -0.39 is 0 Å². The molecule has 0 saturated carbocycles. The molecular formula is C12H15ClN2O. The summed E-state index contributed by atoms with van der Waals surface area (Å²) < 4.78 is 0. The maximum atomic E-state index is 10.8. The zero-order valence-electron chi connectivity index (χ0n) is 9.38. The average molecular weight is 239 g/mol. The minimum absolute atomic E-state index is 0.0679. The van der Waals surface area contributed by atoms with Crippen LogP contribution < -0.4 is 10.6 Å². The zero-order valence-corrected chi connectivity index (χ0v) is 10.1. The van der Waals surface area contributed by atoms with Crippen molar-refractivity contribution in [1.82, 2.24) is 0 Å². The molecule has 1 amide bonds. The Morgan fingerprint density at radius 3 is 2.31 bits per heavy atom. The van der Waals surface area contributed by atoms with Crippen molar-refractivity contribution >= 4 is 28.9 Å². The molecule has 2 N–H and O–H groups in total. The summed E-state index contributed by atoms with van der Waals surface area (Å²) in [5.74, 6) is -0.0679. The van der Waals surface area contributed by atoms with Gasteiger partial charge in [-0.05, 0) is 36.8 Å². The molecule has 0 aliphatic rings. The topological polar surface area (TPSA) is 41.1 Å². The molecule has 0 aliphatic heterocycles. The number of rotatable bonds is 4. The smallest absolute Gasteiger partial charge is 0.221 e. The van der Waals surface area contributed by atoms with Crippen LogP contribution in [0.15, 0.2) is 35.4 Å². The molecule has 0 radical (unpaired) electrons. The number of hydrogen-bond donors (Lipinski definition) is 2. The lowest BCUT2D eigenvalue weighted by atomic mass is 10.2. The molecule has 1 rings (SSSR count). The van der Waals surface area contributed by atoms with Crippen molar-refractivity contribution in [2.24, 2.45) is 0 Å². The number of benzene rings is 1. The van der Waals surface area contributed by atoms with Gasteiger partial charge in [0.2, 0.25) is 5.91 Å². The monoisotopic (exact) mass is 238 g/mol. The van der Waals surface area contributed by atoms with E-state index in [9.17, 15) is 4.79 Å². The quantitative estimate of drug-likeness (QED) is 0.846. The van der Waals surface area contributed by atoms with E-state index in [0.29, 0.717) is 6.54 Å². The van der Waals surface area contributed by atoms with Crippen LogP contribution in [0.3, 0.4) is 0 Å². The third-order valence-electron chi connectivity index (χ3n) is 1.96. The lowest BCUT2D eigenvalue weighted by Gasteiger charge is -2.07. The molecule has 1 aromatic rings. The first kappa shape index (κ1) is 12.6. The number of carbonyl (C=O) groups excluding carboxylic acids is 1. The van der Waals surface area contributed by atoms with Gasteiger partial charge in [-0.1, -0.05) is 11.6 Å². The minimum Gasteiger partial charge on any atom is -0.381 e. The van der Waals surface area contributed by atoms with Crippen molar-refractivity contribution in [2.75, 3.05) is 17.2 Å². The van der Waals surface area contributed by atoms with Gasteiger partial charge in [-0.2, -0.15) is 0 Å². The highest BCUT2D eigenvalue weighted by molar-refractivity contribution is 6.25. The third kappa shape index (κ3) is 4.36. The molecule has 0 aliphatic carbocycles. The summed E-state index contributed by atoms with van der Waals surface area (Å²) >= 11 is 5.55. The van der Waals surface area contributed by atoms with E-state index in [1.165, 1.54) is 6.92 Å². The molecule has 0 saturated heterocycles. The van der Waals surface area contributed by atoms with E-state index >= 15 is 0 Å². The lowest BCUT2D eigenvalue weighted by Crippen LogP contribution is -2.06. The second-order valence-electron chi connectivity index (χ2n) is 3.57. The molecule has 0 fully saturated rings. The van der Waals surface area contributed by atoms with E-state index in [0.717, 1.165) is 16.9 Å². The molecule has 0 aromatic heterocycles. The van der Waals surface area contributed by atoms with Gasteiger partial charge in [-0.15, -0.1) is 0 Å². The summed E-state index contributed by atoms with van der Waals surface area (Å²) in [5, 5.41) is 5.92. The fourth-order valence-corrected chi connectivity index (χ4v) is 1.23. The standard InChI is InChI=1S/C12H15ClN2O/c1-9(7-13)8-14-11-3-5-12(6-4-11)15-10(2)16/h3-7,14H,8H2,1-2H3,(H,15,16)/b9-7+. The van der Waals surface area contributed by atoms with Crippen LogP contribution in [0.4, 0.5) is 11.4 Å². The van der Waals surface area contributed by atoms with Crippen LogP contribution in [0.1, 0.15) is 13.8 Å². The lowest BCUT2D eigenvalue weighted by molar-refractivity contribution is -0.114. The van der Waals surface area contributed by atoms with Gasteiger partial charge < -0.3 is 10.6 Å². The first-order valence-corrected chi connectivity index (χ1v) is 5.43. The van der Waals surface area contributed by atoms with Crippen LogP contribution in [0.5, 0.6) is 0 Å². The zero-order chi connectivity index (χ0) is 12.0. The van der Waals surface area contributed by atoms with Crippen LogP contribution in [0.25, 0.3) is 0 Å². The molecule has 0 bridgehead atoms. The fourth-order valence-electron chi connectivity index (χ4n) is 1.15. The molecular weight excluding hydrogens is 224 g/mol. The van der Waals surface area contributed by atoms with Crippen LogP contribution >= 0.6 is 11.6 Å². The molecule has 0 heterocycles. The predicted molar refractivity (Wildman–Crippen MR) is 68.8 cm³/mol. The molecule has 1 aromatic carbocycles. The Morgan fingerprint density at radius 1 is 1.25 bits per heavy atom. The van der Waals surface area contributed by atoms with E-state index in [-0.39, 0.29) is 5.91 Å². The first-order chi connectivity index (χ1) is 7.61. The summed E-state index contributed by atoms with van der Waals surface area (Å²) in [6, 6.07) is 7.52. The second-order valence-corrected chi connectivity index (χ2v) is 3.79. The Balaban J connectivity index is 2.54. The molecule has 0 atom stereocenters. The van der Waals surface area contributed by atoms with Gasteiger partial charge in [0.25, 0.3) is 0 Å². The fraction of sp³-hybridized carbons (Fsp3) is 0.250. The SMILES string of the molecule is CC(=O)Nc1ccc(NC/C(C)=C/Cl)cc1. The van der Waals surface area contributed by atoms with Gasteiger partial charge >= 0.3 is 0 Å². The molecule has 4 heteroatoms. The number of halogens is 1. The Labute approximate surface area is 100 Å². The van der Waals surface area contributed by atoms with Crippen molar-refractivity contribution < 1.29 is 4.79 Å². The van der Waals surface area contributed by atoms with E-state index in [1.54, 1.807) is 5.54 Å². The van der Waals surface area contributed by atoms with Crippen LogP contribution in [0, 0.1) is 0 Å². The normalized spacial score (nSPS) is 11.1. The molecule has 3 nitrogen and oxygen atoms in total. The summed E-state index contributed by atoms with van der Waals surface area (Å²) in [5.41, 5.74) is 4.40. The number of hydrogen-bond acceptors (Lipinski definition) is 2. The van der Waals surface area contributed by atoms with Crippen LogP contribution in [-0.4, -0.2) is 12.5 Å². The minimum atomic E-state index is -0.0679. The van der Waals surface area contributed by atoms with Crippen molar-refractivity contribution in [3.8, 4) is 0 Å². The van der Waals surface area contributed by atoms with Crippen molar-refractivity contribution in [3.63, 3.8) is 0 Å². The Kier molecular flexibility index (Phi) is 4.86. The number of amides is 1. The van der Waals surface area contributed by atoms with Gasteiger partial charge in [0.05, 0.1) is 0 Å². The predicted octanol–water partition coefficient (Wildman–Crippen LogP) is 3.20. The summed E-state index contributed by atoms with van der Waals surface area (Å²) in [4.78, 5) is 10.8. The van der Waals surface area contributed by atoms with Crippen LogP contribution in [-0.2, 0) is 4.79 Å². The molecule has 0 spiro atoms. The van der Waals surface area contributed by atoms with Crippen molar-refractivity contribution in [3.05, 3.63) is 35.4 Å². The molecule has 86 valence electrons. The number of anilines is 2. The Bertz CT molecular complexity index is 385. The Hall–Kier alpha value is -1.48. The molecule has 0 unspecified atom stereocenters. The average Bonchev–Trinajstić information content (AvgIpc) is 2.27. The van der Waals surface area contributed by atoms with Crippen LogP contribution in [0.2, 0.25) is 0 Å². The van der Waals surface area contributed by atoms with E-state index in [2.05, 4.69) is 10.6 Å².